The first-order valence-corrected chi connectivity index (χ1v) is 4.92. The second-order valence-electron chi connectivity index (χ2n) is 3.85. The van der Waals surface area contributed by atoms with E-state index in [2.05, 4.69) is 19.9 Å². The van der Waals surface area contributed by atoms with E-state index in [0.29, 0.717) is 11.7 Å². The molecule has 0 heterocycles. The van der Waals surface area contributed by atoms with E-state index in [1.165, 1.54) is 0 Å². The number of phenols is 1. The van der Waals surface area contributed by atoms with Gasteiger partial charge in [-0.25, -0.2) is 0 Å². The average Bonchev–Trinajstić information content (AvgIpc) is 2.09. The van der Waals surface area contributed by atoms with Crippen molar-refractivity contribution < 1.29 is 5.11 Å². The largest absolute Gasteiger partial charge is 0.508 e. The maximum atomic E-state index is 9.64. The lowest BCUT2D eigenvalue weighted by Crippen LogP contribution is -1.97. The van der Waals surface area contributed by atoms with E-state index < -0.39 is 0 Å². The number of benzene rings is 1. The van der Waals surface area contributed by atoms with Gasteiger partial charge in [0.05, 0.1) is 0 Å². The van der Waals surface area contributed by atoms with Gasteiger partial charge in [0.25, 0.3) is 0 Å². The highest BCUT2D eigenvalue weighted by molar-refractivity contribution is 5.36. The summed E-state index contributed by atoms with van der Waals surface area (Å²) in [5.41, 5.74) is 2.19. The van der Waals surface area contributed by atoms with Crippen molar-refractivity contribution >= 4 is 0 Å². The van der Waals surface area contributed by atoms with Crippen LogP contribution in [0, 0.1) is 12.8 Å². The molecule has 0 aliphatic rings. The molecule has 1 rings (SSSR count). The maximum absolute atomic E-state index is 9.64. The van der Waals surface area contributed by atoms with Gasteiger partial charge in [0.1, 0.15) is 5.75 Å². The van der Waals surface area contributed by atoms with E-state index in [4.69, 9.17) is 0 Å². The zero-order valence-electron chi connectivity index (χ0n) is 8.67. The van der Waals surface area contributed by atoms with Crippen molar-refractivity contribution in [3.05, 3.63) is 29.3 Å². The normalized spacial score (nSPS) is 12.8. The van der Waals surface area contributed by atoms with Gasteiger partial charge in [-0.3, -0.25) is 0 Å². The SMILES string of the molecule is CC[C@@H](C)Cc1ccc(C)cc1O. The summed E-state index contributed by atoms with van der Waals surface area (Å²) >= 11 is 0. The first-order valence-electron chi connectivity index (χ1n) is 4.92. The molecule has 0 aromatic heterocycles. The van der Waals surface area contributed by atoms with E-state index in [0.717, 1.165) is 24.0 Å². The molecule has 0 saturated carbocycles. The van der Waals surface area contributed by atoms with Crippen LogP contribution in [0.2, 0.25) is 0 Å². The Labute approximate surface area is 80.4 Å². The highest BCUT2D eigenvalue weighted by atomic mass is 16.3. The maximum Gasteiger partial charge on any atom is 0.119 e. The second kappa shape index (κ2) is 4.31. The van der Waals surface area contributed by atoms with Crippen molar-refractivity contribution in [3.63, 3.8) is 0 Å². The average molecular weight is 178 g/mol. The predicted molar refractivity (Wildman–Crippen MR) is 56.0 cm³/mol. The van der Waals surface area contributed by atoms with Crippen molar-refractivity contribution in [2.75, 3.05) is 0 Å². The van der Waals surface area contributed by atoms with Crippen molar-refractivity contribution in [1.29, 1.82) is 0 Å². The molecule has 0 amide bonds. The van der Waals surface area contributed by atoms with Gasteiger partial charge in [0.15, 0.2) is 0 Å². The molecule has 0 aliphatic carbocycles. The molecule has 0 unspecified atom stereocenters. The number of hydrogen-bond acceptors (Lipinski definition) is 1. The van der Waals surface area contributed by atoms with Gasteiger partial charge in [-0.2, -0.15) is 0 Å². The van der Waals surface area contributed by atoms with Crippen LogP contribution in [-0.2, 0) is 6.42 Å². The Morgan fingerprint density at radius 3 is 2.62 bits per heavy atom. The molecule has 0 aliphatic heterocycles. The number of aryl methyl sites for hydroxylation is 1. The summed E-state index contributed by atoms with van der Waals surface area (Å²) in [7, 11) is 0. The van der Waals surface area contributed by atoms with Crippen molar-refractivity contribution in [2.45, 2.75) is 33.6 Å². The van der Waals surface area contributed by atoms with Crippen LogP contribution < -0.4 is 0 Å². The van der Waals surface area contributed by atoms with E-state index in [-0.39, 0.29) is 0 Å². The Bertz CT molecular complexity index is 278. The fourth-order valence-electron chi connectivity index (χ4n) is 1.37. The van der Waals surface area contributed by atoms with Gasteiger partial charge in [-0.05, 0) is 36.5 Å². The van der Waals surface area contributed by atoms with Crippen LogP contribution in [0.5, 0.6) is 5.75 Å². The van der Waals surface area contributed by atoms with Gasteiger partial charge in [-0.15, -0.1) is 0 Å². The molecule has 1 heteroatoms. The lowest BCUT2D eigenvalue weighted by Gasteiger charge is -2.10. The van der Waals surface area contributed by atoms with E-state index in [1.54, 1.807) is 0 Å². The van der Waals surface area contributed by atoms with E-state index in [9.17, 15) is 5.11 Å². The molecule has 13 heavy (non-hydrogen) atoms. The van der Waals surface area contributed by atoms with Crippen LogP contribution in [0.15, 0.2) is 18.2 Å². The number of rotatable bonds is 3. The molecule has 0 saturated heterocycles. The molecule has 1 aromatic rings. The van der Waals surface area contributed by atoms with Crippen LogP contribution in [0.25, 0.3) is 0 Å². The van der Waals surface area contributed by atoms with Crippen LogP contribution in [-0.4, -0.2) is 5.11 Å². The molecule has 0 fully saturated rings. The first kappa shape index (κ1) is 10.1. The summed E-state index contributed by atoms with van der Waals surface area (Å²) < 4.78 is 0. The third-order valence-corrected chi connectivity index (χ3v) is 2.51. The third-order valence-electron chi connectivity index (χ3n) is 2.51. The Hall–Kier alpha value is -0.980. The lowest BCUT2D eigenvalue weighted by molar-refractivity contribution is 0.457. The van der Waals surface area contributed by atoms with E-state index in [1.807, 2.05) is 19.1 Å². The predicted octanol–water partition coefficient (Wildman–Crippen LogP) is 3.29. The topological polar surface area (TPSA) is 20.2 Å². The molecular weight excluding hydrogens is 160 g/mol. The zero-order chi connectivity index (χ0) is 9.84. The summed E-state index contributed by atoms with van der Waals surface area (Å²) in [6, 6.07) is 5.91. The summed E-state index contributed by atoms with van der Waals surface area (Å²) in [5.74, 6) is 1.09. The monoisotopic (exact) mass is 178 g/mol. The standard InChI is InChI=1S/C12H18O/c1-4-9(2)7-11-6-5-10(3)8-12(11)13/h5-6,8-9,13H,4,7H2,1-3H3/t9-/m1/s1. The Morgan fingerprint density at radius 1 is 1.38 bits per heavy atom. The Balaban J connectivity index is 2.77. The van der Waals surface area contributed by atoms with Crippen molar-refractivity contribution in [2.24, 2.45) is 5.92 Å². The van der Waals surface area contributed by atoms with Crippen molar-refractivity contribution in [3.8, 4) is 5.75 Å². The molecule has 1 atom stereocenters. The lowest BCUT2D eigenvalue weighted by atomic mass is 9.97. The second-order valence-corrected chi connectivity index (χ2v) is 3.85. The summed E-state index contributed by atoms with van der Waals surface area (Å²) in [6.07, 6.45) is 2.13. The number of aromatic hydroxyl groups is 1. The first-order chi connectivity index (χ1) is 6.13. The molecule has 1 N–H and O–H groups in total. The fraction of sp³-hybridized carbons (Fsp3) is 0.500. The van der Waals surface area contributed by atoms with Gasteiger partial charge in [0.2, 0.25) is 0 Å². The van der Waals surface area contributed by atoms with Crippen LogP contribution >= 0.6 is 0 Å². The van der Waals surface area contributed by atoms with Gasteiger partial charge >= 0.3 is 0 Å². The number of phenolic OH excluding ortho intramolecular Hbond substituents is 1. The third kappa shape index (κ3) is 2.76. The fourth-order valence-corrected chi connectivity index (χ4v) is 1.37. The van der Waals surface area contributed by atoms with Crippen LogP contribution in [0.4, 0.5) is 0 Å². The molecular formula is C12H18O. The quantitative estimate of drug-likeness (QED) is 0.753. The van der Waals surface area contributed by atoms with E-state index >= 15 is 0 Å². The van der Waals surface area contributed by atoms with Gasteiger partial charge in [0, 0.05) is 0 Å². The summed E-state index contributed by atoms with van der Waals surface area (Å²) in [6.45, 7) is 6.38. The zero-order valence-corrected chi connectivity index (χ0v) is 8.67. The molecule has 1 aromatic carbocycles. The summed E-state index contributed by atoms with van der Waals surface area (Å²) in [4.78, 5) is 0. The minimum Gasteiger partial charge on any atom is -0.508 e. The molecule has 0 spiro atoms. The van der Waals surface area contributed by atoms with Crippen LogP contribution in [0.1, 0.15) is 31.4 Å². The Kier molecular flexibility index (Phi) is 3.35. The molecule has 72 valence electrons. The molecule has 1 nitrogen and oxygen atoms in total. The minimum atomic E-state index is 0.445. The number of hydrogen-bond donors (Lipinski definition) is 1. The van der Waals surface area contributed by atoms with Gasteiger partial charge < -0.3 is 5.11 Å². The minimum absolute atomic E-state index is 0.445. The van der Waals surface area contributed by atoms with Crippen molar-refractivity contribution in [1.82, 2.24) is 0 Å². The van der Waals surface area contributed by atoms with Crippen LogP contribution in [0.3, 0.4) is 0 Å². The highest BCUT2D eigenvalue weighted by Gasteiger charge is 2.05. The highest BCUT2D eigenvalue weighted by Crippen LogP contribution is 2.22. The molecule has 0 radical (unpaired) electrons. The smallest absolute Gasteiger partial charge is 0.119 e. The summed E-state index contributed by atoms with van der Waals surface area (Å²) in [5, 5.41) is 9.64. The van der Waals surface area contributed by atoms with Gasteiger partial charge in [-0.1, -0.05) is 32.4 Å². The molecule has 0 bridgehead atoms. The Morgan fingerprint density at radius 2 is 2.08 bits per heavy atom.